The second kappa shape index (κ2) is 9.52. The lowest BCUT2D eigenvalue weighted by atomic mass is 9.96. The van der Waals surface area contributed by atoms with E-state index in [9.17, 15) is 5.11 Å². The Hall–Kier alpha value is -3.20. The van der Waals surface area contributed by atoms with Crippen LogP contribution >= 0.6 is 0 Å². The van der Waals surface area contributed by atoms with Crippen molar-refractivity contribution in [1.29, 1.82) is 5.26 Å². The van der Waals surface area contributed by atoms with Crippen LogP contribution in [0.4, 0.5) is 0 Å². The van der Waals surface area contributed by atoms with E-state index in [1.54, 1.807) is 0 Å². The predicted octanol–water partition coefficient (Wildman–Crippen LogP) is 4.36. The van der Waals surface area contributed by atoms with Crippen LogP contribution in [0.2, 0.25) is 0 Å². The van der Waals surface area contributed by atoms with Gasteiger partial charge in [-0.2, -0.15) is 10.4 Å². The average Bonchev–Trinajstić information content (AvgIpc) is 3.40. The maximum atomic E-state index is 9.59. The van der Waals surface area contributed by atoms with Crippen molar-refractivity contribution in [2.75, 3.05) is 19.7 Å². The molecule has 5 nitrogen and oxygen atoms in total. The predicted molar refractivity (Wildman–Crippen MR) is 128 cm³/mol. The van der Waals surface area contributed by atoms with Crippen molar-refractivity contribution in [1.82, 2.24) is 14.7 Å². The molecule has 1 aliphatic rings. The van der Waals surface area contributed by atoms with Gasteiger partial charge >= 0.3 is 0 Å². The van der Waals surface area contributed by atoms with Crippen LogP contribution in [0.1, 0.15) is 45.4 Å². The van der Waals surface area contributed by atoms with Crippen LogP contribution in [0.25, 0.3) is 11.3 Å². The topological polar surface area (TPSA) is 65.1 Å². The molecule has 0 radical (unpaired) electrons. The molecule has 4 rings (SSSR count). The summed E-state index contributed by atoms with van der Waals surface area (Å²) in [6.45, 7) is 10.8. The number of rotatable bonds is 8. The van der Waals surface area contributed by atoms with Gasteiger partial charge in [-0.3, -0.25) is 4.90 Å². The molecule has 0 saturated heterocycles. The smallest absolute Gasteiger partial charge is 0.0991 e. The summed E-state index contributed by atoms with van der Waals surface area (Å²) in [4.78, 5) is 2.28. The number of nitrogens with zero attached hydrogens (tertiary/aromatic N) is 4. The zero-order chi connectivity index (χ0) is 22.7. The molecule has 164 valence electrons. The Kier molecular flexibility index (Phi) is 6.55. The second-order valence-electron chi connectivity index (χ2n) is 8.64. The molecule has 0 saturated carbocycles. The van der Waals surface area contributed by atoms with Gasteiger partial charge in [0.15, 0.2) is 0 Å². The zero-order valence-electron chi connectivity index (χ0n) is 18.9. The van der Waals surface area contributed by atoms with E-state index in [2.05, 4.69) is 41.7 Å². The minimum absolute atomic E-state index is 0.131. The highest BCUT2D eigenvalue weighted by Crippen LogP contribution is 2.34. The Morgan fingerprint density at radius 3 is 2.78 bits per heavy atom. The molecule has 3 aromatic rings. The Balaban J connectivity index is 1.45. The molecular formula is C27H30N4O. The molecule has 5 heteroatoms. The van der Waals surface area contributed by atoms with Crippen molar-refractivity contribution >= 4 is 5.57 Å². The SMILES string of the molecule is C=C1CCc2c1ccc(CCN(CCO)Cc1cnn(-c3ccc(C#N)cc3C)c1)c2C. The highest BCUT2D eigenvalue weighted by molar-refractivity contribution is 5.72. The van der Waals surface area contributed by atoms with Gasteiger partial charge in [-0.05, 0) is 84.7 Å². The molecule has 0 bridgehead atoms. The van der Waals surface area contributed by atoms with Crippen molar-refractivity contribution in [2.45, 2.75) is 39.7 Å². The summed E-state index contributed by atoms with van der Waals surface area (Å²) in [5, 5.41) is 23.2. The number of aryl methyl sites for hydroxylation is 1. The van der Waals surface area contributed by atoms with Gasteiger partial charge in [-0.25, -0.2) is 4.68 Å². The normalized spacial score (nSPS) is 12.9. The van der Waals surface area contributed by atoms with Gasteiger partial charge in [-0.15, -0.1) is 0 Å². The monoisotopic (exact) mass is 426 g/mol. The minimum atomic E-state index is 0.131. The van der Waals surface area contributed by atoms with Crippen LogP contribution in [-0.2, 0) is 19.4 Å². The third kappa shape index (κ3) is 4.52. The van der Waals surface area contributed by atoms with E-state index >= 15 is 0 Å². The molecule has 0 unspecified atom stereocenters. The highest BCUT2D eigenvalue weighted by Gasteiger charge is 2.18. The average molecular weight is 427 g/mol. The van der Waals surface area contributed by atoms with Crippen LogP contribution in [-0.4, -0.2) is 39.5 Å². The van der Waals surface area contributed by atoms with Gasteiger partial charge in [-0.1, -0.05) is 18.7 Å². The molecule has 1 aliphatic carbocycles. The summed E-state index contributed by atoms with van der Waals surface area (Å²) in [5.41, 5.74) is 10.6. The van der Waals surface area contributed by atoms with Crippen molar-refractivity contribution in [3.05, 3.63) is 88.2 Å². The molecule has 0 fully saturated rings. The zero-order valence-corrected chi connectivity index (χ0v) is 18.9. The van der Waals surface area contributed by atoms with E-state index in [0.29, 0.717) is 12.1 Å². The Morgan fingerprint density at radius 1 is 1.19 bits per heavy atom. The second-order valence-corrected chi connectivity index (χ2v) is 8.64. The molecule has 0 spiro atoms. The number of hydrogen-bond acceptors (Lipinski definition) is 4. The molecular weight excluding hydrogens is 396 g/mol. The van der Waals surface area contributed by atoms with E-state index in [1.165, 1.54) is 27.8 Å². The first-order chi connectivity index (χ1) is 15.5. The van der Waals surface area contributed by atoms with E-state index in [-0.39, 0.29) is 6.61 Å². The van der Waals surface area contributed by atoms with Gasteiger partial charge < -0.3 is 5.11 Å². The fourth-order valence-electron chi connectivity index (χ4n) is 4.64. The van der Waals surface area contributed by atoms with Gasteiger partial charge in [0.1, 0.15) is 0 Å². The van der Waals surface area contributed by atoms with E-state index in [0.717, 1.165) is 49.2 Å². The third-order valence-electron chi connectivity index (χ3n) is 6.50. The largest absolute Gasteiger partial charge is 0.395 e. The fourth-order valence-corrected chi connectivity index (χ4v) is 4.64. The first-order valence-electron chi connectivity index (χ1n) is 11.2. The van der Waals surface area contributed by atoms with E-state index in [4.69, 9.17) is 5.26 Å². The quantitative estimate of drug-likeness (QED) is 0.581. The van der Waals surface area contributed by atoms with Gasteiger partial charge in [0, 0.05) is 31.4 Å². The van der Waals surface area contributed by atoms with E-state index in [1.807, 2.05) is 42.2 Å². The first-order valence-corrected chi connectivity index (χ1v) is 11.2. The number of nitriles is 1. The minimum Gasteiger partial charge on any atom is -0.395 e. The standard InChI is InChI=1S/C27H30N4O/c1-19-4-7-26-21(3)24(6-8-25(19)26)10-11-30(12-13-32)17-23-16-29-31(18-23)27-9-5-22(15-28)14-20(27)2/h5-6,8-9,14,16,18,32H,1,4,7,10-13,17H2,2-3H3. The van der Waals surface area contributed by atoms with Crippen LogP contribution in [0, 0.1) is 25.2 Å². The number of hydrogen-bond donors (Lipinski definition) is 1. The number of benzene rings is 2. The molecule has 0 aliphatic heterocycles. The van der Waals surface area contributed by atoms with Crippen molar-refractivity contribution in [3.8, 4) is 11.8 Å². The first kappa shape index (κ1) is 22.0. The summed E-state index contributed by atoms with van der Waals surface area (Å²) in [7, 11) is 0. The van der Waals surface area contributed by atoms with Crippen molar-refractivity contribution < 1.29 is 5.11 Å². The maximum absolute atomic E-state index is 9.59. The van der Waals surface area contributed by atoms with Gasteiger partial charge in [0.05, 0.1) is 30.1 Å². The van der Waals surface area contributed by atoms with Crippen LogP contribution in [0.5, 0.6) is 0 Å². The van der Waals surface area contributed by atoms with E-state index < -0.39 is 0 Å². The Labute approximate surface area is 190 Å². The number of aliphatic hydroxyl groups is 1. The molecule has 0 atom stereocenters. The summed E-state index contributed by atoms with van der Waals surface area (Å²) >= 11 is 0. The lowest BCUT2D eigenvalue weighted by molar-refractivity contribution is 0.191. The summed E-state index contributed by atoms with van der Waals surface area (Å²) < 4.78 is 1.86. The van der Waals surface area contributed by atoms with Gasteiger partial charge in [0.25, 0.3) is 0 Å². The lowest BCUT2D eigenvalue weighted by Crippen LogP contribution is -2.28. The molecule has 2 aromatic carbocycles. The van der Waals surface area contributed by atoms with Crippen molar-refractivity contribution in [2.24, 2.45) is 0 Å². The Morgan fingerprint density at radius 2 is 2.03 bits per heavy atom. The number of aromatic nitrogens is 2. The van der Waals surface area contributed by atoms with Crippen LogP contribution in [0.3, 0.4) is 0 Å². The maximum Gasteiger partial charge on any atom is 0.0991 e. The lowest BCUT2D eigenvalue weighted by Gasteiger charge is -2.21. The summed E-state index contributed by atoms with van der Waals surface area (Å²) in [6, 6.07) is 12.3. The van der Waals surface area contributed by atoms with Crippen LogP contribution < -0.4 is 0 Å². The summed E-state index contributed by atoms with van der Waals surface area (Å²) in [5.74, 6) is 0. The highest BCUT2D eigenvalue weighted by atomic mass is 16.3. The Bertz CT molecular complexity index is 1180. The molecule has 1 heterocycles. The molecule has 32 heavy (non-hydrogen) atoms. The molecule has 1 N–H and O–H groups in total. The molecule has 1 aromatic heterocycles. The molecule has 0 amide bonds. The summed E-state index contributed by atoms with van der Waals surface area (Å²) in [6.07, 6.45) is 7.04. The number of fused-ring (bicyclic) bond motifs is 1. The van der Waals surface area contributed by atoms with Gasteiger partial charge in [0.2, 0.25) is 0 Å². The number of aliphatic hydroxyl groups excluding tert-OH is 1. The van der Waals surface area contributed by atoms with Crippen LogP contribution in [0.15, 0.2) is 49.3 Å². The van der Waals surface area contributed by atoms with Crippen molar-refractivity contribution in [3.63, 3.8) is 0 Å². The number of allylic oxidation sites excluding steroid dienone is 1. The third-order valence-corrected chi connectivity index (χ3v) is 6.50. The fraction of sp³-hybridized carbons (Fsp3) is 0.333.